The Bertz CT molecular complexity index is 1130. The number of anilines is 1. The third kappa shape index (κ3) is 4.11. The SMILES string of the molecule is CCCc1ccc(C)c(C(=O)Nc2cccc(-c3nnc(-c4ccco4)o3)c2)c1. The van der Waals surface area contributed by atoms with Gasteiger partial charge in [0.05, 0.1) is 6.26 Å². The molecule has 4 aromatic rings. The van der Waals surface area contributed by atoms with Crippen molar-refractivity contribution in [2.45, 2.75) is 26.7 Å². The highest BCUT2D eigenvalue weighted by molar-refractivity contribution is 6.05. The van der Waals surface area contributed by atoms with Crippen LogP contribution < -0.4 is 5.32 Å². The minimum Gasteiger partial charge on any atom is -0.459 e. The lowest BCUT2D eigenvalue weighted by Gasteiger charge is -2.10. The summed E-state index contributed by atoms with van der Waals surface area (Å²) in [6.45, 7) is 4.07. The average Bonchev–Trinajstić information content (AvgIpc) is 3.41. The number of hydrogen-bond donors (Lipinski definition) is 1. The van der Waals surface area contributed by atoms with Crippen molar-refractivity contribution in [2.24, 2.45) is 0 Å². The van der Waals surface area contributed by atoms with Crippen LogP contribution in [0.5, 0.6) is 0 Å². The Morgan fingerprint density at radius 2 is 1.90 bits per heavy atom. The zero-order chi connectivity index (χ0) is 20.2. The highest BCUT2D eigenvalue weighted by Crippen LogP contribution is 2.26. The van der Waals surface area contributed by atoms with Crippen molar-refractivity contribution >= 4 is 11.6 Å². The molecule has 0 bridgehead atoms. The predicted molar refractivity (Wildman–Crippen MR) is 111 cm³/mol. The van der Waals surface area contributed by atoms with Gasteiger partial charge < -0.3 is 14.2 Å². The molecule has 2 aromatic carbocycles. The third-order valence-corrected chi connectivity index (χ3v) is 4.61. The molecule has 0 aliphatic heterocycles. The summed E-state index contributed by atoms with van der Waals surface area (Å²) in [6, 6.07) is 16.9. The first kappa shape index (κ1) is 18.7. The number of hydrogen-bond acceptors (Lipinski definition) is 5. The van der Waals surface area contributed by atoms with Gasteiger partial charge in [-0.25, -0.2) is 0 Å². The fourth-order valence-electron chi connectivity index (χ4n) is 3.13. The zero-order valence-corrected chi connectivity index (χ0v) is 16.3. The second-order valence-corrected chi connectivity index (χ2v) is 6.82. The molecule has 29 heavy (non-hydrogen) atoms. The molecule has 2 aromatic heterocycles. The summed E-state index contributed by atoms with van der Waals surface area (Å²) < 4.78 is 11.0. The number of aryl methyl sites for hydroxylation is 2. The van der Waals surface area contributed by atoms with E-state index >= 15 is 0 Å². The van der Waals surface area contributed by atoms with Gasteiger partial charge in [0.1, 0.15) is 0 Å². The van der Waals surface area contributed by atoms with Gasteiger partial charge in [-0.1, -0.05) is 31.5 Å². The Balaban J connectivity index is 1.55. The molecule has 0 atom stereocenters. The number of furan rings is 1. The van der Waals surface area contributed by atoms with E-state index in [0.717, 1.165) is 24.0 Å². The predicted octanol–water partition coefficient (Wildman–Crippen LogP) is 5.51. The van der Waals surface area contributed by atoms with Crippen molar-refractivity contribution in [3.05, 3.63) is 77.6 Å². The van der Waals surface area contributed by atoms with Gasteiger partial charge in [0.25, 0.3) is 11.8 Å². The summed E-state index contributed by atoms with van der Waals surface area (Å²) in [6.07, 6.45) is 3.54. The monoisotopic (exact) mass is 387 g/mol. The Hall–Kier alpha value is -3.67. The molecule has 4 rings (SSSR count). The molecule has 146 valence electrons. The quantitative estimate of drug-likeness (QED) is 0.472. The van der Waals surface area contributed by atoms with E-state index in [1.807, 2.05) is 43.3 Å². The van der Waals surface area contributed by atoms with Gasteiger partial charge in [-0.05, 0) is 60.9 Å². The number of amides is 1. The maximum absolute atomic E-state index is 12.8. The van der Waals surface area contributed by atoms with E-state index in [1.54, 1.807) is 18.4 Å². The molecular formula is C23H21N3O3. The Labute approximate surface area is 168 Å². The van der Waals surface area contributed by atoms with Crippen LogP contribution in [0, 0.1) is 6.92 Å². The van der Waals surface area contributed by atoms with E-state index < -0.39 is 0 Å². The molecule has 6 nitrogen and oxygen atoms in total. The highest BCUT2D eigenvalue weighted by Gasteiger charge is 2.14. The molecule has 1 N–H and O–H groups in total. The molecule has 0 radical (unpaired) electrons. The van der Waals surface area contributed by atoms with Crippen LogP contribution in [0.1, 0.15) is 34.8 Å². The van der Waals surface area contributed by atoms with E-state index in [4.69, 9.17) is 8.83 Å². The first-order chi connectivity index (χ1) is 14.1. The average molecular weight is 387 g/mol. The second-order valence-electron chi connectivity index (χ2n) is 6.82. The fourth-order valence-corrected chi connectivity index (χ4v) is 3.13. The topological polar surface area (TPSA) is 81.2 Å². The molecule has 0 spiro atoms. The number of nitrogens with zero attached hydrogens (tertiary/aromatic N) is 2. The molecule has 0 saturated carbocycles. The normalized spacial score (nSPS) is 10.8. The van der Waals surface area contributed by atoms with Crippen molar-refractivity contribution in [2.75, 3.05) is 5.32 Å². The van der Waals surface area contributed by atoms with Gasteiger partial charge in [0.2, 0.25) is 5.89 Å². The molecule has 0 saturated heterocycles. The molecule has 0 fully saturated rings. The number of rotatable bonds is 6. The lowest BCUT2D eigenvalue weighted by Crippen LogP contribution is -2.13. The van der Waals surface area contributed by atoms with Gasteiger partial charge in [0, 0.05) is 16.8 Å². The lowest BCUT2D eigenvalue weighted by molar-refractivity contribution is 0.102. The van der Waals surface area contributed by atoms with E-state index in [-0.39, 0.29) is 5.91 Å². The summed E-state index contributed by atoms with van der Waals surface area (Å²) in [5.74, 6) is 1.03. The van der Waals surface area contributed by atoms with Crippen molar-refractivity contribution < 1.29 is 13.6 Å². The minimum absolute atomic E-state index is 0.139. The van der Waals surface area contributed by atoms with Crippen LogP contribution in [0.25, 0.3) is 23.1 Å². The molecular weight excluding hydrogens is 366 g/mol. The number of carbonyl (C=O) groups excluding carboxylic acids is 1. The summed E-state index contributed by atoms with van der Waals surface area (Å²) >= 11 is 0. The van der Waals surface area contributed by atoms with Crippen LogP contribution in [0.15, 0.2) is 69.7 Å². The zero-order valence-electron chi connectivity index (χ0n) is 16.3. The first-order valence-corrected chi connectivity index (χ1v) is 9.52. The standard InChI is InChI=1S/C23H21N3O3/c1-3-6-16-11-10-15(2)19(13-16)21(27)24-18-8-4-7-17(14-18)22-25-26-23(29-22)20-9-5-12-28-20/h4-5,7-14H,3,6H2,1-2H3,(H,24,27). The van der Waals surface area contributed by atoms with Crippen LogP contribution in [0.4, 0.5) is 5.69 Å². The number of aromatic nitrogens is 2. The molecule has 1 amide bonds. The fraction of sp³-hybridized carbons (Fsp3) is 0.174. The Morgan fingerprint density at radius 1 is 1.03 bits per heavy atom. The van der Waals surface area contributed by atoms with Gasteiger partial charge in [-0.3, -0.25) is 4.79 Å². The first-order valence-electron chi connectivity index (χ1n) is 9.52. The van der Waals surface area contributed by atoms with Gasteiger partial charge in [0.15, 0.2) is 5.76 Å². The summed E-state index contributed by atoms with van der Waals surface area (Å²) in [7, 11) is 0. The second kappa shape index (κ2) is 8.14. The van der Waals surface area contributed by atoms with E-state index in [9.17, 15) is 4.79 Å². The Kier molecular flexibility index (Phi) is 5.24. The molecule has 6 heteroatoms. The van der Waals surface area contributed by atoms with Gasteiger partial charge in [-0.15, -0.1) is 10.2 Å². The smallest absolute Gasteiger partial charge is 0.283 e. The van der Waals surface area contributed by atoms with Gasteiger partial charge in [-0.2, -0.15) is 0 Å². The van der Waals surface area contributed by atoms with Crippen molar-refractivity contribution in [1.29, 1.82) is 0 Å². The van der Waals surface area contributed by atoms with Crippen molar-refractivity contribution in [1.82, 2.24) is 10.2 Å². The van der Waals surface area contributed by atoms with E-state index in [2.05, 4.69) is 28.5 Å². The highest BCUT2D eigenvalue weighted by atomic mass is 16.4. The molecule has 0 unspecified atom stereocenters. The van der Waals surface area contributed by atoms with E-state index in [0.29, 0.717) is 34.4 Å². The van der Waals surface area contributed by atoms with E-state index in [1.165, 1.54) is 0 Å². The van der Waals surface area contributed by atoms with Crippen LogP contribution in [0.2, 0.25) is 0 Å². The van der Waals surface area contributed by atoms with Crippen LogP contribution in [0.3, 0.4) is 0 Å². The molecule has 2 heterocycles. The molecule has 0 aliphatic carbocycles. The van der Waals surface area contributed by atoms with Crippen LogP contribution >= 0.6 is 0 Å². The van der Waals surface area contributed by atoms with Crippen molar-refractivity contribution in [3.8, 4) is 23.1 Å². The largest absolute Gasteiger partial charge is 0.459 e. The number of carbonyl (C=O) groups is 1. The third-order valence-electron chi connectivity index (χ3n) is 4.61. The maximum atomic E-state index is 12.8. The number of nitrogens with one attached hydrogen (secondary N) is 1. The minimum atomic E-state index is -0.139. The van der Waals surface area contributed by atoms with Crippen LogP contribution in [-0.2, 0) is 6.42 Å². The molecule has 0 aliphatic rings. The number of benzene rings is 2. The van der Waals surface area contributed by atoms with Crippen LogP contribution in [-0.4, -0.2) is 16.1 Å². The summed E-state index contributed by atoms with van der Waals surface area (Å²) in [5, 5.41) is 11.1. The van der Waals surface area contributed by atoms with Crippen molar-refractivity contribution in [3.63, 3.8) is 0 Å². The maximum Gasteiger partial charge on any atom is 0.283 e. The lowest BCUT2D eigenvalue weighted by atomic mass is 10.0. The summed E-state index contributed by atoms with van der Waals surface area (Å²) in [5.41, 5.74) is 4.15. The Morgan fingerprint density at radius 3 is 2.69 bits per heavy atom. The summed E-state index contributed by atoms with van der Waals surface area (Å²) in [4.78, 5) is 12.8. The van der Waals surface area contributed by atoms with Gasteiger partial charge >= 0.3 is 0 Å².